The maximum absolute atomic E-state index is 14.2. The lowest BCUT2D eigenvalue weighted by Crippen LogP contribution is -2.47. The lowest BCUT2D eigenvalue weighted by Gasteiger charge is -2.35. The summed E-state index contributed by atoms with van der Waals surface area (Å²) in [6.07, 6.45) is -6.10. The Morgan fingerprint density at radius 3 is 2.44 bits per heavy atom. The predicted octanol–water partition coefficient (Wildman–Crippen LogP) is 5.73. The highest BCUT2D eigenvalue weighted by Gasteiger charge is 2.50. The molecule has 1 aromatic carbocycles. The summed E-state index contributed by atoms with van der Waals surface area (Å²) in [6, 6.07) is 6.18. The lowest BCUT2D eigenvalue weighted by atomic mass is 9.85. The Labute approximate surface area is 299 Å². The third-order valence-corrected chi connectivity index (χ3v) is 12.5. The van der Waals surface area contributed by atoms with E-state index < -0.39 is 61.4 Å². The van der Waals surface area contributed by atoms with E-state index in [-0.39, 0.29) is 61.9 Å². The number of alkyl carbamates (subject to hydrolysis) is 1. The van der Waals surface area contributed by atoms with Gasteiger partial charge >= 0.3 is 30.2 Å². The van der Waals surface area contributed by atoms with E-state index in [0.29, 0.717) is 33.0 Å². The number of rotatable bonds is 10. The molecule has 1 unspecified atom stereocenters. The Morgan fingerprint density at radius 2 is 1.81 bits per heavy atom. The van der Waals surface area contributed by atoms with Crippen molar-refractivity contribution in [3.63, 3.8) is 0 Å². The second kappa shape index (κ2) is 14.0. The van der Waals surface area contributed by atoms with E-state index in [0.717, 1.165) is 0 Å². The van der Waals surface area contributed by atoms with Crippen LogP contribution in [0.1, 0.15) is 77.0 Å². The second-order valence-electron chi connectivity index (χ2n) is 14.7. The molecule has 2 aromatic heterocycles. The summed E-state index contributed by atoms with van der Waals surface area (Å²) in [6.45, 7) is 11.4. The maximum atomic E-state index is 14.2. The molecule has 1 amide bonds. The fraction of sp³-hybridized carbons (Fsp3) is 0.500. The van der Waals surface area contributed by atoms with E-state index in [9.17, 15) is 37.1 Å². The van der Waals surface area contributed by atoms with Gasteiger partial charge in [-0.1, -0.05) is 20.0 Å². The molecule has 52 heavy (non-hydrogen) atoms. The third kappa shape index (κ3) is 7.85. The fourth-order valence-electron chi connectivity index (χ4n) is 6.78. The first-order valence-electron chi connectivity index (χ1n) is 17.0. The number of aromatic nitrogens is 2. The monoisotopic (exact) mass is 745 g/mol. The zero-order chi connectivity index (χ0) is 38.4. The van der Waals surface area contributed by atoms with E-state index >= 15 is 0 Å². The van der Waals surface area contributed by atoms with Crippen molar-refractivity contribution < 1.29 is 51.3 Å². The van der Waals surface area contributed by atoms with Gasteiger partial charge in [0.15, 0.2) is 0 Å². The van der Waals surface area contributed by atoms with Gasteiger partial charge in [-0.25, -0.2) is 14.6 Å². The Kier molecular flexibility index (Phi) is 10.4. The molecule has 2 aliphatic heterocycles. The average Bonchev–Trinajstić information content (AvgIpc) is 3.39. The summed E-state index contributed by atoms with van der Waals surface area (Å²) in [7, 11) is -2.96. The van der Waals surface area contributed by atoms with Gasteiger partial charge in [0.05, 0.1) is 37.1 Å². The zero-order valence-corrected chi connectivity index (χ0v) is 31.2. The van der Waals surface area contributed by atoms with Gasteiger partial charge in [-0.15, -0.1) is 0 Å². The highest BCUT2D eigenvalue weighted by Crippen LogP contribution is 2.42. The van der Waals surface area contributed by atoms with Gasteiger partial charge in [-0.2, -0.15) is 13.2 Å². The summed E-state index contributed by atoms with van der Waals surface area (Å²) >= 11 is 0. The van der Waals surface area contributed by atoms with Crippen LogP contribution < -0.4 is 20.8 Å². The number of ether oxygens (including phenoxy) is 4. The Bertz CT molecular complexity index is 2020. The molecular weight excluding hydrogens is 703 g/mol. The average molecular weight is 746 g/mol. The summed E-state index contributed by atoms with van der Waals surface area (Å²) in [5.74, 6) is -1.97. The number of halogens is 3. The van der Waals surface area contributed by atoms with Crippen molar-refractivity contribution in [2.45, 2.75) is 110 Å². The first-order valence-corrected chi connectivity index (χ1v) is 20.2. The van der Waals surface area contributed by atoms with Crippen molar-refractivity contribution in [1.82, 2.24) is 14.9 Å². The minimum atomic E-state index is -4.39. The number of benzene rings is 1. The number of alkyl halides is 3. The van der Waals surface area contributed by atoms with Crippen molar-refractivity contribution in [3.8, 4) is 17.1 Å². The molecule has 5 rings (SSSR count). The minimum absolute atomic E-state index is 0.00714. The first kappa shape index (κ1) is 38.5. The highest BCUT2D eigenvalue weighted by molar-refractivity contribution is 6.91. The van der Waals surface area contributed by atoms with Crippen LogP contribution in [0.3, 0.4) is 0 Å². The Balaban J connectivity index is 1.56. The number of amides is 1. The molecule has 0 saturated carbocycles. The van der Waals surface area contributed by atoms with Gasteiger partial charge in [0.2, 0.25) is 5.60 Å². The number of hydrogen-bond donors (Lipinski definition) is 1. The summed E-state index contributed by atoms with van der Waals surface area (Å²) in [5, 5.41) is 3.73. The Hall–Kier alpha value is -4.73. The topological polar surface area (TPSA) is 152 Å². The van der Waals surface area contributed by atoms with E-state index in [1.54, 1.807) is 45.9 Å². The molecule has 3 aromatic rings. The molecule has 4 heterocycles. The van der Waals surface area contributed by atoms with Crippen LogP contribution in [0, 0.1) is 0 Å². The number of nitrogens with one attached hydrogen (secondary N) is 1. The molecular formula is C36H42F3N3O9Si. The molecule has 16 heteroatoms. The van der Waals surface area contributed by atoms with Gasteiger partial charge in [0.1, 0.15) is 18.0 Å². The number of fused-ring (bicyclic) bond motifs is 5. The van der Waals surface area contributed by atoms with Crippen molar-refractivity contribution in [1.29, 1.82) is 0 Å². The zero-order valence-electron chi connectivity index (χ0n) is 30.2. The maximum Gasteiger partial charge on any atom is 0.407 e. The van der Waals surface area contributed by atoms with E-state index in [4.69, 9.17) is 23.9 Å². The second-order valence-corrected chi connectivity index (χ2v) is 19.4. The van der Waals surface area contributed by atoms with Crippen LogP contribution in [-0.4, -0.2) is 59.9 Å². The van der Waals surface area contributed by atoms with Crippen LogP contribution in [0.15, 0.2) is 29.1 Å². The lowest BCUT2D eigenvalue weighted by molar-refractivity contribution is -0.189. The van der Waals surface area contributed by atoms with E-state index in [1.807, 2.05) is 13.1 Å². The fourth-order valence-corrected chi connectivity index (χ4v) is 9.88. The molecule has 280 valence electrons. The van der Waals surface area contributed by atoms with Crippen LogP contribution in [-0.2, 0) is 47.3 Å². The molecule has 1 atom stereocenters. The van der Waals surface area contributed by atoms with Crippen molar-refractivity contribution in [2.75, 3.05) is 6.54 Å². The number of esters is 3. The van der Waals surface area contributed by atoms with Crippen LogP contribution >= 0.6 is 0 Å². The van der Waals surface area contributed by atoms with E-state index in [2.05, 4.69) is 5.32 Å². The number of hydrogen-bond acceptors (Lipinski definition) is 10. The molecule has 0 fully saturated rings. The van der Waals surface area contributed by atoms with Crippen LogP contribution in [0.2, 0.25) is 19.1 Å². The number of pyridine rings is 2. The van der Waals surface area contributed by atoms with Crippen molar-refractivity contribution >= 4 is 48.2 Å². The summed E-state index contributed by atoms with van der Waals surface area (Å²) in [5.41, 5.74) is -1.26. The molecule has 1 N–H and O–H groups in total. The van der Waals surface area contributed by atoms with Crippen molar-refractivity contribution in [3.05, 3.63) is 51.3 Å². The summed E-state index contributed by atoms with van der Waals surface area (Å²) in [4.78, 5) is 69.4. The van der Waals surface area contributed by atoms with Crippen LogP contribution in [0.4, 0.5) is 18.0 Å². The minimum Gasteiger partial charge on any atom is -0.457 e. The Morgan fingerprint density at radius 1 is 1.10 bits per heavy atom. The largest absolute Gasteiger partial charge is 0.457 e. The van der Waals surface area contributed by atoms with Gasteiger partial charge in [0, 0.05) is 37.3 Å². The molecule has 0 bridgehead atoms. The molecule has 0 aliphatic carbocycles. The molecule has 0 radical (unpaired) electrons. The van der Waals surface area contributed by atoms with Gasteiger partial charge in [-0.05, 0) is 74.7 Å². The first-order chi connectivity index (χ1) is 24.2. The molecule has 2 aliphatic rings. The molecule has 12 nitrogen and oxygen atoms in total. The normalized spacial score (nSPS) is 16.8. The standard InChI is InChI=1S/C36H42F3N3O9Si/c1-8-35(50-28(44)10-9-14-40-33(47)51-34(3,4)5)25-17-27-29-23(18-42(27)31(45)24(25)19-48-32(35)46)30(52(6,7)15-13-36(37,38)39)22-16-21(49-20(2)43)11-12-26(22)41-29/h11-12,16-17H,8-10,13-15,18-19H2,1-7H3,(H,40,47). The third-order valence-electron chi connectivity index (χ3n) is 9.11. The van der Waals surface area contributed by atoms with Crippen molar-refractivity contribution in [2.24, 2.45) is 0 Å². The van der Waals surface area contributed by atoms with Crippen LogP contribution in [0.5, 0.6) is 5.75 Å². The SMILES string of the molecule is CCC1(OC(=O)CCCNC(=O)OC(C)(C)C)C(=O)OCc2c1cc1n(c2=O)Cc2c-1nc1ccc(OC(C)=O)cc1c2[Si](C)(C)CCC(F)(F)F. The van der Waals surface area contributed by atoms with Crippen LogP contribution in [0.25, 0.3) is 22.3 Å². The van der Waals surface area contributed by atoms with Gasteiger partial charge in [-0.3, -0.25) is 14.4 Å². The smallest absolute Gasteiger partial charge is 0.407 e. The number of carbonyl (C=O) groups is 4. The molecule has 0 spiro atoms. The number of nitrogens with zero attached hydrogens (tertiary/aromatic N) is 2. The number of carbonyl (C=O) groups excluding carboxylic acids is 4. The van der Waals surface area contributed by atoms with Gasteiger partial charge < -0.3 is 28.8 Å². The quantitative estimate of drug-likeness (QED) is 0.0701. The summed E-state index contributed by atoms with van der Waals surface area (Å²) < 4.78 is 63.9. The highest BCUT2D eigenvalue weighted by atomic mass is 28.3. The predicted molar refractivity (Wildman–Crippen MR) is 186 cm³/mol. The van der Waals surface area contributed by atoms with Gasteiger partial charge in [0.25, 0.3) is 5.56 Å². The van der Waals surface area contributed by atoms with E-state index in [1.165, 1.54) is 17.6 Å². The number of cyclic esters (lactones) is 1. The molecule has 0 saturated heterocycles.